The van der Waals surface area contributed by atoms with Crippen molar-refractivity contribution in [3.63, 3.8) is 0 Å². The number of carbonyl (C=O) groups excluding carboxylic acids is 1. The fourth-order valence-corrected chi connectivity index (χ4v) is 3.34. The molecule has 0 bridgehead atoms. The summed E-state index contributed by atoms with van der Waals surface area (Å²) < 4.78 is 0. The van der Waals surface area contributed by atoms with Crippen LogP contribution in [0.15, 0.2) is 36.5 Å². The zero-order valence-electron chi connectivity index (χ0n) is 21.6. The third-order valence-corrected chi connectivity index (χ3v) is 5.41. The van der Waals surface area contributed by atoms with Crippen molar-refractivity contribution in [2.75, 3.05) is 39.3 Å². The lowest BCUT2D eigenvalue weighted by Crippen LogP contribution is -2.27. The third kappa shape index (κ3) is 28.5. The van der Waals surface area contributed by atoms with Crippen molar-refractivity contribution in [2.24, 2.45) is 5.73 Å². The maximum atomic E-state index is 11.9. The van der Waals surface area contributed by atoms with Gasteiger partial charge in [0.25, 0.3) is 0 Å². The topological polar surface area (TPSA) is 79.2 Å². The molecule has 1 amide bonds. The molecule has 0 aromatic carbocycles. The van der Waals surface area contributed by atoms with Gasteiger partial charge in [-0.15, -0.1) is 0 Å². The summed E-state index contributed by atoms with van der Waals surface area (Å²) in [4.78, 5) is 11.9. The Morgan fingerprint density at radius 3 is 1.79 bits per heavy atom. The molecule has 5 nitrogen and oxygen atoms in total. The van der Waals surface area contributed by atoms with Crippen molar-refractivity contribution in [2.45, 2.75) is 96.8 Å². The average molecular weight is 463 g/mol. The molecule has 0 spiro atoms. The van der Waals surface area contributed by atoms with Crippen molar-refractivity contribution < 1.29 is 4.79 Å². The lowest BCUT2D eigenvalue weighted by atomic mass is 10.1. The standard InChI is InChI=1S/C28H54N4O/c1-2-3-4-5-6-7-8-9-10-11-12-13-14-15-16-21-28(33)32-27-20-26-31-24-18-17-23-30-25-19-22-29/h6-7,9-10,12-13,30-31H,2-5,8,11,14-27,29H2,1H3,(H,32,33)/b7-6-,10-9-,13-12-. The summed E-state index contributed by atoms with van der Waals surface area (Å²) in [6.07, 6.45) is 28.9. The van der Waals surface area contributed by atoms with Crippen LogP contribution in [0.3, 0.4) is 0 Å². The lowest BCUT2D eigenvalue weighted by molar-refractivity contribution is -0.121. The summed E-state index contributed by atoms with van der Waals surface area (Å²) in [5.41, 5.74) is 5.46. The number of unbranched alkanes of at least 4 members (excludes halogenated alkanes) is 6. The van der Waals surface area contributed by atoms with E-state index in [0.717, 1.165) is 84.2 Å². The van der Waals surface area contributed by atoms with Gasteiger partial charge in [-0.05, 0) is 103 Å². The summed E-state index contributed by atoms with van der Waals surface area (Å²) in [5.74, 6) is 0.188. The molecular formula is C28H54N4O. The molecule has 5 N–H and O–H groups in total. The molecule has 0 saturated heterocycles. The highest BCUT2D eigenvalue weighted by Gasteiger charge is 1.99. The van der Waals surface area contributed by atoms with Crippen molar-refractivity contribution >= 4 is 5.91 Å². The van der Waals surface area contributed by atoms with E-state index >= 15 is 0 Å². The van der Waals surface area contributed by atoms with Crippen LogP contribution in [-0.2, 0) is 4.79 Å². The number of hydrogen-bond donors (Lipinski definition) is 4. The molecule has 192 valence electrons. The minimum atomic E-state index is 0.188. The van der Waals surface area contributed by atoms with Crippen molar-refractivity contribution in [3.8, 4) is 0 Å². The second kappa shape index (κ2) is 28.6. The van der Waals surface area contributed by atoms with Gasteiger partial charge in [0.05, 0.1) is 0 Å². The van der Waals surface area contributed by atoms with Crippen LogP contribution in [0.1, 0.15) is 96.8 Å². The van der Waals surface area contributed by atoms with E-state index in [-0.39, 0.29) is 5.91 Å². The number of nitrogens with two attached hydrogens (primary N) is 1. The molecule has 0 saturated carbocycles. The highest BCUT2D eigenvalue weighted by molar-refractivity contribution is 5.75. The Morgan fingerprint density at radius 2 is 1.18 bits per heavy atom. The number of hydrogen-bond acceptors (Lipinski definition) is 4. The Kier molecular flexibility index (Phi) is 27.4. The van der Waals surface area contributed by atoms with Crippen LogP contribution in [0.4, 0.5) is 0 Å². The number of rotatable bonds is 25. The van der Waals surface area contributed by atoms with Gasteiger partial charge < -0.3 is 21.7 Å². The van der Waals surface area contributed by atoms with Gasteiger partial charge in [0, 0.05) is 13.0 Å². The Hall–Kier alpha value is -1.43. The molecule has 33 heavy (non-hydrogen) atoms. The van der Waals surface area contributed by atoms with Crippen molar-refractivity contribution in [3.05, 3.63) is 36.5 Å². The van der Waals surface area contributed by atoms with Crippen molar-refractivity contribution in [1.29, 1.82) is 0 Å². The predicted octanol–water partition coefficient (Wildman–Crippen LogP) is 5.39. The zero-order valence-corrected chi connectivity index (χ0v) is 21.6. The highest BCUT2D eigenvalue weighted by atomic mass is 16.1. The van der Waals surface area contributed by atoms with E-state index < -0.39 is 0 Å². The monoisotopic (exact) mass is 462 g/mol. The molecule has 0 aromatic heterocycles. The van der Waals surface area contributed by atoms with Gasteiger partial charge >= 0.3 is 0 Å². The molecule has 0 aromatic rings. The van der Waals surface area contributed by atoms with Crippen LogP contribution in [0, 0.1) is 0 Å². The molecule has 0 unspecified atom stereocenters. The number of nitrogens with one attached hydrogen (secondary N) is 3. The quantitative estimate of drug-likeness (QED) is 0.108. The third-order valence-electron chi connectivity index (χ3n) is 5.41. The van der Waals surface area contributed by atoms with E-state index in [4.69, 9.17) is 5.73 Å². The first kappa shape index (κ1) is 31.6. The largest absolute Gasteiger partial charge is 0.356 e. The Bertz CT molecular complexity index is 488. The van der Waals surface area contributed by atoms with Crippen molar-refractivity contribution in [1.82, 2.24) is 16.0 Å². The molecule has 0 heterocycles. The van der Waals surface area contributed by atoms with E-state index in [2.05, 4.69) is 59.3 Å². The SMILES string of the molecule is CCCCC/C=C\C/C=C\C/C=C\CCCCC(=O)NCCCNCCCCNCCCN. The Morgan fingerprint density at radius 1 is 0.636 bits per heavy atom. The van der Waals surface area contributed by atoms with Gasteiger partial charge in [0.1, 0.15) is 0 Å². The summed E-state index contributed by atoms with van der Waals surface area (Å²) in [6.45, 7) is 7.89. The molecular weight excluding hydrogens is 408 g/mol. The van der Waals surface area contributed by atoms with E-state index in [1.807, 2.05) is 0 Å². The summed E-state index contributed by atoms with van der Waals surface area (Å²) in [7, 11) is 0. The Balaban J connectivity index is 3.32. The maximum absolute atomic E-state index is 11.9. The van der Waals surface area contributed by atoms with Gasteiger partial charge in [-0.25, -0.2) is 0 Å². The summed E-state index contributed by atoms with van der Waals surface area (Å²) in [6, 6.07) is 0. The molecule has 0 fully saturated rings. The molecule has 0 aliphatic heterocycles. The zero-order chi connectivity index (χ0) is 24.1. The molecule has 0 rings (SSSR count). The number of amides is 1. The molecule has 0 aliphatic rings. The molecule has 0 aliphatic carbocycles. The normalized spacial score (nSPS) is 11.9. The predicted molar refractivity (Wildman–Crippen MR) is 146 cm³/mol. The van der Waals surface area contributed by atoms with Gasteiger partial charge in [-0.2, -0.15) is 0 Å². The van der Waals surface area contributed by atoms with Crippen LogP contribution in [0.5, 0.6) is 0 Å². The molecule has 5 heteroatoms. The lowest BCUT2D eigenvalue weighted by Gasteiger charge is -2.07. The number of carbonyl (C=O) groups is 1. The second-order valence-electron chi connectivity index (χ2n) is 8.68. The highest BCUT2D eigenvalue weighted by Crippen LogP contribution is 2.03. The van der Waals surface area contributed by atoms with Crippen LogP contribution in [-0.4, -0.2) is 45.2 Å². The summed E-state index contributed by atoms with van der Waals surface area (Å²) >= 11 is 0. The van der Waals surface area contributed by atoms with E-state index in [1.54, 1.807) is 0 Å². The van der Waals surface area contributed by atoms with Crippen LogP contribution in [0.2, 0.25) is 0 Å². The van der Waals surface area contributed by atoms with Crippen LogP contribution >= 0.6 is 0 Å². The minimum absolute atomic E-state index is 0.188. The fraction of sp³-hybridized carbons (Fsp3) is 0.750. The first-order valence-corrected chi connectivity index (χ1v) is 13.6. The average Bonchev–Trinajstić information content (AvgIpc) is 2.82. The second-order valence-corrected chi connectivity index (χ2v) is 8.68. The van der Waals surface area contributed by atoms with Crippen LogP contribution < -0.4 is 21.7 Å². The summed E-state index contributed by atoms with van der Waals surface area (Å²) in [5, 5.41) is 9.87. The van der Waals surface area contributed by atoms with Gasteiger partial charge in [0.2, 0.25) is 5.91 Å². The minimum Gasteiger partial charge on any atom is -0.356 e. The van der Waals surface area contributed by atoms with Gasteiger partial charge in [0.15, 0.2) is 0 Å². The van der Waals surface area contributed by atoms with Gasteiger partial charge in [-0.3, -0.25) is 4.79 Å². The number of allylic oxidation sites excluding steroid dienone is 6. The Labute approximate surface area is 205 Å². The van der Waals surface area contributed by atoms with E-state index in [0.29, 0.717) is 6.42 Å². The van der Waals surface area contributed by atoms with Crippen LogP contribution in [0.25, 0.3) is 0 Å². The fourth-order valence-electron chi connectivity index (χ4n) is 3.34. The van der Waals surface area contributed by atoms with Gasteiger partial charge in [-0.1, -0.05) is 56.2 Å². The molecule has 0 atom stereocenters. The first-order chi connectivity index (χ1) is 16.3. The van der Waals surface area contributed by atoms with E-state index in [9.17, 15) is 4.79 Å². The first-order valence-electron chi connectivity index (χ1n) is 13.6. The van der Waals surface area contributed by atoms with E-state index in [1.165, 1.54) is 38.5 Å². The smallest absolute Gasteiger partial charge is 0.219 e. The maximum Gasteiger partial charge on any atom is 0.219 e. The molecule has 0 radical (unpaired) electrons.